The minimum Gasteiger partial charge on any atom is -0.405 e. The van der Waals surface area contributed by atoms with Crippen LogP contribution in [-0.2, 0) is 0 Å². The molecule has 0 bridgehead atoms. The third-order valence-electron chi connectivity index (χ3n) is 2.06. The maximum atomic E-state index is 12.2. The predicted molar refractivity (Wildman–Crippen MR) is 58.6 cm³/mol. The van der Waals surface area contributed by atoms with Crippen molar-refractivity contribution in [1.82, 2.24) is 9.97 Å². The van der Waals surface area contributed by atoms with Gasteiger partial charge < -0.3 is 10.5 Å². The van der Waals surface area contributed by atoms with E-state index in [9.17, 15) is 13.2 Å². The molecule has 0 aliphatic heterocycles. The maximum Gasteiger partial charge on any atom is 0.573 e. The van der Waals surface area contributed by atoms with E-state index >= 15 is 0 Å². The molecular weight excluding hydrogens is 247 g/mol. The van der Waals surface area contributed by atoms with Gasteiger partial charge in [-0.3, -0.25) is 0 Å². The largest absolute Gasteiger partial charge is 0.573 e. The lowest BCUT2D eigenvalue weighted by molar-refractivity contribution is -0.274. The Hall–Kier alpha value is -2.31. The van der Waals surface area contributed by atoms with Gasteiger partial charge in [0.05, 0.1) is 5.69 Å². The number of nitrogens with zero attached hydrogens (tertiary/aromatic N) is 2. The van der Waals surface area contributed by atoms with E-state index in [4.69, 9.17) is 5.73 Å². The summed E-state index contributed by atoms with van der Waals surface area (Å²) in [6.45, 7) is 0. The van der Waals surface area contributed by atoms with Crippen LogP contribution in [0.2, 0.25) is 0 Å². The van der Waals surface area contributed by atoms with E-state index in [1.165, 1.54) is 30.5 Å². The van der Waals surface area contributed by atoms with Gasteiger partial charge in [0.25, 0.3) is 0 Å². The first-order valence-electron chi connectivity index (χ1n) is 4.89. The fraction of sp³-hybridized carbons (Fsp3) is 0.0909. The molecule has 0 aliphatic carbocycles. The van der Waals surface area contributed by atoms with Crippen LogP contribution >= 0.6 is 0 Å². The van der Waals surface area contributed by atoms with Gasteiger partial charge in [-0.1, -0.05) is 12.1 Å². The highest BCUT2D eigenvalue weighted by molar-refractivity contribution is 5.67. The molecule has 7 heteroatoms. The van der Waals surface area contributed by atoms with E-state index in [-0.39, 0.29) is 23.0 Å². The molecule has 2 N–H and O–H groups in total. The van der Waals surface area contributed by atoms with Crippen molar-refractivity contribution in [2.75, 3.05) is 5.73 Å². The Morgan fingerprint density at radius 3 is 2.50 bits per heavy atom. The van der Waals surface area contributed by atoms with Gasteiger partial charge in [0.15, 0.2) is 0 Å². The van der Waals surface area contributed by atoms with Crippen LogP contribution in [0.25, 0.3) is 11.3 Å². The van der Waals surface area contributed by atoms with E-state index in [2.05, 4.69) is 14.7 Å². The highest BCUT2D eigenvalue weighted by Crippen LogP contribution is 2.32. The van der Waals surface area contributed by atoms with Crippen molar-refractivity contribution in [3.63, 3.8) is 0 Å². The number of ether oxygens (including phenoxy) is 1. The monoisotopic (exact) mass is 255 g/mol. The third-order valence-corrected chi connectivity index (χ3v) is 2.06. The Bertz CT molecular complexity index is 557. The summed E-state index contributed by atoms with van der Waals surface area (Å²) in [7, 11) is 0. The first-order valence-corrected chi connectivity index (χ1v) is 4.89. The molecule has 18 heavy (non-hydrogen) atoms. The van der Waals surface area contributed by atoms with Gasteiger partial charge in [0.1, 0.15) is 5.75 Å². The van der Waals surface area contributed by atoms with Gasteiger partial charge in [0, 0.05) is 11.8 Å². The Kier molecular flexibility index (Phi) is 3.05. The highest BCUT2D eigenvalue weighted by atomic mass is 19.4. The van der Waals surface area contributed by atoms with Gasteiger partial charge in [-0.2, -0.15) is 0 Å². The van der Waals surface area contributed by atoms with Crippen LogP contribution in [0.3, 0.4) is 0 Å². The number of alkyl halides is 3. The predicted octanol–water partition coefficient (Wildman–Crippen LogP) is 2.62. The zero-order valence-electron chi connectivity index (χ0n) is 8.98. The van der Waals surface area contributed by atoms with E-state index in [0.29, 0.717) is 0 Å². The maximum absolute atomic E-state index is 12.2. The molecule has 0 saturated heterocycles. The number of nitrogen functional groups attached to an aromatic ring is 1. The van der Waals surface area contributed by atoms with Crippen LogP contribution in [0, 0.1) is 0 Å². The van der Waals surface area contributed by atoms with Crippen LogP contribution in [-0.4, -0.2) is 16.3 Å². The number of halogens is 3. The van der Waals surface area contributed by atoms with Crippen LogP contribution in [0.1, 0.15) is 0 Å². The average Bonchev–Trinajstić information content (AvgIpc) is 2.27. The molecule has 0 radical (unpaired) electrons. The molecule has 94 valence electrons. The summed E-state index contributed by atoms with van der Waals surface area (Å²) in [6.07, 6.45) is -3.39. The minimum absolute atomic E-state index is 0.0192. The van der Waals surface area contributed by atoms with Crippen LogP contribution < -0.4 is 10.5 Å². The fourth-order valence-electron chi connectivity index (χ4n) is 1.42. The zero-order chi connectivity index (χ0) is 13.2. The summed E-state index contributed by atoms with van der Waals surface area (Å²) in [5.74, 6) is -0.350. The normalized spacial score (nSPS) is 11.3. The number of benzene rings is 1. The molecule has 0 unspecified atom stereocenters. The average molecular weight is 255 g/mol. The number of hydrogen-bond acceptors (Lipinski definition) is 4. The lowest BCUT2D eigenvalue weighted by atomic mass is 10.1. The fourth-order valence-corrected chi connectivity index (χ4v) is 1.42. The summed E-state index contributed by atoms with van der Waals surface area (Å²) in [4.78, 5) is 7.53. The first kappa shape index (κ1) is 12.2. The van der Waals surface area contributed by atoms with Gasteiger partial charge >= 0.3 is 6.36 Å². The van der Waals surface area contributed by atoms with Crippen LogP contribution in [0.4, 0.5) is 19.1 Å². The molecule has 0 saturated carbocycles. The zero-order valence-corrected chi connectivity index (χ0v) is 8.98. The van der Waals surface area contributed by atoms with Gasteiger partial charge in [-0.25, -0.2) is 9.97 Å². The molecule has 0 spiro atoms. The summed E-state index contributed by atoms with van der Waals surface area (Å²) >= 11 is 0. The molecule has 0 fully saturated rings. The molecule has 0 aliphatic rings. The molecule has 1 aromatic heterocycles. The van der Waals surface area contributed by atoms with Crippen molar-refractivity contribution in [3.8, 4) is 17.0 Å². The first-order chi connectivity index (χ1) is 8.46. The summed E-state index contributed by atoms with van der Waals surface area (Å²) in [6, 6.07) is 7.14. The summed E-state index contributed by atoms with van der Waals surface area (Å²) in [5.41, 5.74) is 5.85. The summed E-state index contributed by atoms with van der Waals surface area (Å²) < 4.78 is 40.6. The van der Waals surface area contributed by atoms with Crippen molar-refractivity contribution >= 4 is 5.95 Å². The smallest absolute Gasteiger partial charge is 0.405 e. The summed E-state index contributed by atoms with van der Waals surface area (Å²) in [5, 5.41) is 0. The molecule has 1 aromatic carbocycles. The van der Waals surface area contributed by atoms with Gasteiger partial charge in [0.2, 0.25) is 5.95 Å². The molecular formula is C11H8F3N3O. The standard InChI is InChI=1S/C11H8F3N3O/c12-11(13,14)18-9-4-2-1-3-7(9)8-5-6-16-10(15)17-8/h1-6H,(H2,15,16,17). The topological polar surface area (TPSA) is 61.0 Å². The SMILES string of the molecule is Nc1nccc(-c2ccccc2OC(F)(F)F)n1. The third kappa shape index (κ3) is 2.88. The van der Waals surface area contributed by atoms with Crippen LogP contribution in [0.15, 0.2) is 36.5 Å². The molecule has 2 rings (SSSR count). The molecule has 4 nitrogen and oxygen atoms in total. The number of hydrogen-bond donors (Lipinski definition) is 1. The molecule has 0 atom stereocenters. The van der Waals surface area contributed by atoms with E-state index in [0.717, 1.165) is 0 Å². The Morgan fingerprint density at radius 2 is 1.83 bits per heavy atom. The number of aromatic nitrogens is 2. The van der Waals surface area contributed by atoms with Crippen molar-refractivity contribution < 1.29 is 17.9 Å². The number of nitrogens with two attached hydrogens (primary N) is 1. The molecule has 0 amide bonds. The van der Waals surface area contributed by atoms with Crippen molar-refractivity contribution in [2.45, 2.75) is 6.36 Å². The van der Waals surface area contributed by atoms with Gasteiger partial charge in [-0.05, 0) is 18.2 Å². The molecule has 2 aromatic rings. The Morgan fingerprint density at radius 1 is 1.11 bits per heavy atom. The lowest BCUT2D eigenvalue weighted by Crippen LogP contribution is -2.17. The quantitative estimate of drug-likeness (QED) is 0.896. The second kappa shape index (κ2) is 4.52. The number of rotatable bonds is 2. The van der Waals surface area contributed by atoms with Crippen molar-refractivity contribution in [1.29, 1.82) is 0 Å². The Balaban J connectivity index is 2.45. The van der Waals surface area contributed by atoms with E-state index < -0.39 is 6.36 Å². The minimum atomic E-state index is -4.76. The van der Waals surface area contributed by atoms with Gasteiger partial charge in [-0.15, -0.1) is 13.2 Å². The highest BCUT2D eigenvalue weighted by Gasteiger charge is 2.32. The van der Waals surface area contributed by atoms with Crippen molar-refractivity contribution in [3.05, 3.63) is 36.5 Å². The van der Waals surface area contributed by atoms with E-state index in [1.54, 1.807) is 6.07 Å². The second-order valence-electron chi connectivity index (χ2n) is 3.34. The van der Waals surface area contributed by atoms with Crippen LogP contribution in [0.5, 0.6) is 5.75 Å². The number of para-hydroxylation sites is 1. The number of anilines is 1. The second-order valence-corrected chi connectivity index (χ2v) is 3.34. The Labute approximate surface area is 100 Å². The van der Waals surface area contributed by atoms with E-state index in [1.807, 2.05) is 0 Å². The lowest BCUT2D eigenvalue weighted by Gasteiger charge is -2.12. The molecule has 1 heterocycles. The van der Waals surface area contributed by atoms with Crippen molar-refractivity contribution in [2.24, 2.45) is 0 Å².